The molecular formula is C33H48Cl2CoN4. The molecule has 0 aliphatic rings. The number of anilines is 2. The van der Waals surface area contributed by atoms with E-state index in [1.54, 1.807) is 0 Å². The largest absolute Gasteiger partial charge is 2.00 e. The summed E-state index contributed by atoms with van der Waals surface area (Å²) < 4.78 is 0. The van der Waals surface area contributed by atoms with Gasteiger partial charge in [-0.15, -0.1) is 0 Å². The first kappa shape index (κ1) is 38.2. The van der Waals surface area contributed by atoms with Gasteiger partial charge in [-0.1, -0.05) is 77.9 Å². The quantitative estimate of drug-likeness (QED) is 0.304. The van der Waals surface area contributed by atoms with Gasteiger partial charge < -0.3 is 35.4 Å². The second-order valence-electron chi connectivity index (χ2n) is 11.3. The fourth-order valence-electron chi connectivity index (χ4n) is 4.92. The normalized spacial score (nSPS) is 10.8. The van der Waals surface area contributed by atoms with Crippen molar-refractivity contribution in [2.45, 2.75) is 79.7 Å². The molecule has 4 nitrogen and oxygen atoms in total. The third kappa shape index (κ3) is 10.9. The molecule has 1 aromatic heterocycles. The van der Waals surface area contributed by atoms with Gasteiger partial charge in [-0.25, -0.2) is 0 Å². The third-order valence-corrected chi connectivity index (χ3v) is 7.18. The van der Waals surface area contributed by atoms with E-state index in [0.717, 1.165) is 38.4 Å². The SMILES string of the molecule is Cc1cccc(C)c1NCCN(CCNc1c(C(C)C)cc(C(C)C)cc1C(C)C)Cc1ccccn1.[Cl-].[Cl-].[Co+2]. The van der Waals surface area contributed by atoms with Crippen LogP contribution in [0.15, 0.2) is 54.7 Å². The number of para-hydroxylation sites is 1. The van der Waals surface area contributed by atoms with Gasteiger partial charge >= 0.3 is 16.8 Å². The smallest absolute Gasteiger partial charge is 1.00 e. The van der Waals surface area contributed by atoms with E-state index >= 15 is 0 Å². The number of halogens is 2. The first-order valence-electron chi connectivity index (χ1n) is 14.0. The standard InChI is InChI=1S/C33H48N4.2ClH.Co/c1-23(2)28-20-30(24(3)4)33(31(21-28)25(5)6)36-17-19-37(22-29-14-9-10-15-34-29)18-16-35-32-26(7)12-11-13-27(32)8;;;/h9-15,20-21,23-25,35-36H,16-19,22H2,1-8H3;2*1H;/q;;;+2/p-2. The van der Waals surface area contributed by atoms with E-state index in [0.29, 0.717) is 17.8 Å². The summed E-state index contributed by atoms with van der Waals surface area (Å²) in [7, 11) is 0. The van der Waals surface area contributed by atoms with Gasteiger partial charge in [-0.3, -0.25) is 9.88 Å². The molecule has 223 valence electrons. The van der Waals surface area contributed by atoms with Crippen LogP contribution < -0.4 is 35.4 Å². The summed E-state index contributed by atoms with van der Waals surface area (Å²) in [4.78, 5) is 7.10. The number of hydrogen-bond donors (Lipinski definition) is 2. The maximum Gasteiger partial charge on any atom is 2.00 e. The number of nitrogens with zero attached hydrogens (tertiary/aromatic N) is 2. The van der Waals surface area contributed by atoms with Crippen LogP contribution in [0.1, 0.15) is 92.8 Å². The zero-order valence-corrected chi connectivity index (χ0v) is 28.0. The molecule has 0 saturated carbocycles. The molecule has 0 amide bonds. The topological polar surface area (TPSA) is 40.2 Å². The molecule has 2 N–H and O–H groups in total. The minimum Gasteiger partial charge on any atom is -1.00 e. The van der Waals surface area contributed by atoms with Crippen molar-refractivity contribution < 1.29 is 41.6 Å². The van der Waals surface area contributed by atoms with Gasteiger partial charge in [0.15, 0.2) is 0 Å². The van der Waals surface area contributed by atoms with E-state index < -0.39 is 0 Å². The van der Waals surface area contributed by atoms with Crippen LogP contribution in [0.2, 0.25) is 0 Å². The van der Waals surface area contributed by atoms with Crippen LogP contribution in [-0.2, 0) is 23.3 Å². The van der Waals surface area contributed by atoms with Crippen LogP contribution in [-0.4, -0.2) is 36.1 Å². The number of benzene rings is 2. The summed E-state index contributed by atoms with van der Waals surface area (Å²) in [5.41, 5.74) is 10.6. The van der Waals surface area contributed by atoms with E-state index in [9.17, 15) is 0 Å². The van der Waals surface area contributed by atoms with Crippen LogP contribution in [0.5, 0.6) is 0 Å². The predicted molar refractivity (Wildman–Crippen MR) is 161 cm³/mol. The summed E-state index contributed by atoms with van der Waals surface area (Å²) in [6, 6.07) is 17.5. The molecule has 0 aliphatic carbocycles. The van der Waals surface area contributed by atoms with Crippen molar-refractivity contribution in [1.82, 2.24) is 9.88 Å². The summed E-state index contributed by atoms with van der Waals surface area (Å²) in [6.07, 6.45) is 1.89. The molecule has 0 saturated heterocycles. The number of aryl methyl sites for hydroxylation is 2. The van der Waals surface area contributed by atoms with Crippen LogP contribution >= 0.6 is 0 Å². The van der Waals surface area contributed by atoms with E-state index in [1.165, 1.54) is 39.2 Å². The molecule has 0 aliphatic heterocycles. The van der Waals surface area contributed by atoms with E-state index in [4.69, 9.17) is 0 Å². The van der Waals surface area contributed by atoms with Crippen molar-refractivity contribution in [3.8, 4) is 0 Å². The monoisotopic (exact) mass is 629 g/mol. The summed E-state index contributed by atoms with van der Waals surface area (Å²) >= 11 is 0. The third-order valence-electron chi connectivity index (χ3n) is 7.18. The Morgan fingerprint density at radius 3 is 1.68 bits per heavy atom. The average molecular weight is 631 g/mol. The van der Waals surface area contributed by atoms with Crippen molar-refractivity contribution >= 4 is 11.4 Å². The Hall–Kier alpha value is -1.76. The molecular weight excluding hydrogens is 582 g/mol. The van der Waals surface area contributed by atoms with Gasteiger partial charge in [0.2, 0.25) is 0 Å². The van der Waals surface area contributed by atoms with Gasteiger partial charge in [-0.05, 0) is 71.6 Å². The molecule has 2 aromatic carbocycles. The maximum atomic E-state index is 4.60. The molecule has 0 bridgehead atoms. The van der Waals surface area contributed by atoms with Crippen LogP contribution in [0.4, 0.5) is 11.4 Å². The summed E-state index contributed by atoms with van der Waals surface area (Å²) in [6.45, 7) is 22.7. The van der Waals surface area contributed by atoms with Crippen molar-refractivity contribution in [2.75, 3.05) is 36.8 Å². The van der Waals surface area contributed by atoms with Gasteiger partial charge in [-0.2, -0.15) is 0 Å². The van der Waals surface area contributed by atoms with Crippen molar-refractivity contribution in [3.63, 3.8) is 0 Å². The Morgan fingerprint density at radius 1 is 0.700 bits per heavy atom. The number of nitrogens with one attached hydrogen (secondary N) is 2. The second-order valence-corrected chi connectivity index (χ2v) is 11.3. The van der Waals surface area contributed by atoms with Gasteiger partial charge in [0.05, 0.1) is 5.69 Å². The molecule has 7 heteroatoms. The van der Waals surface area contributed by atoms with E-state index in [2.05, 4.69) is 118 Å². The molecule has 0 fully saturated rings. The van der Waals surface area contributed by atoms with Crippen molar-refractivity contribution in [1.29, 1.82) is 0 Å². The number of rotatable bonds is 13. The zero-order valence-electron chi connectivity index (χ0n) is 25.4. The Bertz CT molecular complexity index is 1090. The molecule has 1 heterocycles. The van der Waals surface area contributed by atoms with Gasteiger partial charge in [0.1, 0.15) is 0 Å². The molecule has 3 aromatic rings. The van der Waals surface area contributed by atoms with Crippen LogP contribution in [0.25, 0.3) is 0 Å². The predicted octanol–water partition coefficient (Wildman–Crippen LogP) is 2.10. The molecule has 40 heavy (non-hydrogen) atoms. The minimum atomic E-state index is 0. The second kappa shape index (κ2) is 18.6. The first-order valence-corrected chi connectivity index (χ1v) is 14.0. The Morgan fingerprint density at radius 2 is 1.23 bits per heavy atom. The van der Waals surface area contributed by atoms with Crippen LogP contribution in [0.3, 0.4) is 0 Å². The number of hydrogen-bond acceptors (Lipinski definition) is 4. The minimum absolute atomic E-state index is 0. The Kier molecular flexibility index (Phi) is 17.8. The van der Waals surface area contributed by atoms with Crippen molar-refractivity contribution in [3.05, 3.63) is 88.2 Å². The van der Waals surface area contributed by atoms with Crippen LogP contribution in [0, 0.1) is 13.8 Å². The summed E-state index contributed by atoms with van der Waals surface area (Å²) in [5, 5.41) is 7.56. The Balaban J connectivity index is 0.00000507. The van der Waals surface area contributed by atoms with Gasteiger partial charge in [0, 0.05) is 50.3 Å². The fourth-order valence-corrected chi connectivity index (χ4v) is 4.92. The molecule has 0 spiro atoms. The number of pyridine rings is 1. The van der Waals surface area contributed by atoms with Gasteiger partial charge in [0.25, 0.3) is 0 Å². The fraction of sp³-hybridized carbons (Fsp3) is 0.485. The molecule has 0 atom stereocenters. The number of aromatic nitrogens is 1. The Labute approximate surface area is 266 Å². The summed E-state index contributed by atoms with van der Waals surface area (Å²) in [5.74, 6) is 1.48. The van der Waals surface area contributed by atoms with E-state index in [1.807, 2.05) is 12.3 Å². The van der Waals surface area contributed by atoms with Crippen molar-refractivity contribution in [2.24, 2.45) is 0 Å². The molecule has 3 rings (SSSR count). The molecule has 1 radical (unpaired) electrons. The first-order chi connectivity index (χ1) is 17.7. The zero-order chi connectivity index (χ0) is 26.9. The van der Waals surface area contributed by atoms with E-state index in [-0.39, 0.29) is 41.6 Å². The maximum absolute atomic E-state index is 4.60. The average Bonchev–Trinajstić information content (AvgIpc) is 2.85. The molecule has 0 unspecified atom stereocenters.